The lowest BCUT2D eigenvalue weighted by molar-refractivity contribution is 0.0669. The number of imidazole rings is 1. The van der Waals surface area contributed by atoms with Gasteiger partial charge in [0.1, 0.15) is 6.04 Å². The summed E-state index contributed by atoms with van der Waals surface area (Å²) in [5.41, 5.74) is 4.17. The van der Waals surface area contributed by atoms with Gasteiger partial charge in [0, 0.05) is 31.9 Å². The van der Waals surface area contributed by atoms with Gasteiger partial charge in [-0.2, -0.15) is 5.10 Å². The lowest BCUT2D eigenvalue weighted by Crippen LogP contribution is -2.42. The van der Waals surface area contributed by atoms with Crippen LogP contribution >= 0.6 is 0 Å². The number of aromatic amines is 1. The molecule has 1 aliphatic heterocycles. The molecule has 11 heteroatoms. The molecule has 9 nitrogen and oxygen atoms in total. The highest BCUT2D eigenvalue weighted by molar-refractivity contribution is 5.91. The van der Waals surface area contributed by atoms with Crippen molar-refractivity contribution in [3.8, 4) is 0 Å². The number of aryl methyl sites for hydroxylation is 2. The number of hydrogen-bond acceptors (Lipinski definition) is 5. The minimum absolute atomic E-state index is 0.145. The van der Waals surface area contributed by atoms with Gasteiger partial charge in [0.2, 0.25) is 11.6 Å². The summed E-state index contributed by atoms with van der Waals surface area (Å²) in [5, 5.41) is 8.33. The number of fused-ring (bicyclic) bond motifs is 2. The highest BCUT2D eigenvalue weighted by Crippen LogP contribution is 2.34. The maximum atomic E-state index is 13.3. The molecule has 1 amide bonds. The fourth-order valence-electron chi connectivity index (χ4n) is 3.85. The number of aromatic nitrogens is 7. The number of alkyl halides is 2. The van der Waals surface area contributed by atoms with Crippen molar-refractivity contribution in [3.63, 3.8) is 0 Å². The molecule has 0 saturated heterocycles. The second kappa shape index (κ2) is 6.71. The van der Waals surface area contributed by atoms with Gasteiger partial charge in [0.05, 0.1) is 23.2 Å². The zero-order valence-electron chi connectivity index (χ0n) is 16.3. The van der Waals surface area contributed by atoms with E-state index in [1.54, 1.807) is 15.7 Å². The van der Waals surface area contributed by atoms with Crippen LogP contribution in [0.25, 0.3) is 5.52 Å². The average Bonchev–Trinajstić information content (AvgIpc) is 3.43. The molecule has 0 aromatic carbocycles. The largest absolute Gasteiger partial charge is 0.348 e. The summed E-state index contributed by atoms with van der Waals surface area (Å²) in [6.45, 7) is 2.33. The van der Waals surface area contributed by atoms with E-state index in [9.17, 15) is 13.6 Å². The normalized spacial score (nSPS) is 16.4. The first-order chi connectivity index (χ1) is 14.4. The van der Waals surface area contributed by atoms with Crippen molar-refractivity contribution < 1.29 is 13.6 Å². The fourth-order valence-corrected chi connectivity index (χ4v) is 3.85. The summed E-state index contributed by atoms with van der Waals surface area (Å²) in [5.74, 6) is -1.31. The summed E-state index contributed by atoms with van der Waals surface area (Å²) >= 11 is 0. The molecule has 0 bridgehead atoms. The third kappa shape index (κ3) is 2.85. The van der Waals surface area contributed by atoms with Crippen LogP contribution in [0, 0.1) is 6.92 Å². The molecule has 0 spiro atoms. The number of pyridine rings is 1. The van der Waals surface area contributed by atoms with Gasteiger partial charge in [-0.25, -0.2) is 27.9 Å². The Bertz CT molecular complexity index is 1260. The van der Waals surface area contributed by atoms with Crippen LogP contribution in [0.1, 0.15) is 51.6 Å². The zero-order valence-corrected chi connectivity index (χ0v) is 16.3. The van der Waals surface area contributed by atoms with Crippen molar-refractivity contribution in [1.29, 1.82) is 0 Å². The van der Waals surface area contributed by atoms with Crippen molar-refractivity contribution in [2.75, 3.05) is 6.54 Å². The summed E-state index contributed by atoms with van der Waals surface area (Å²) < 4.78 is 28.9. The minimum atomic E-state index is -2.85. The molecule has 1 atom stereocenters. The van der Waals surface area contributed by atoms with Crippen molar-refractivity contribution in [2.24, 2.45) is 7.05 Å². The van der Waals surface area contributed by atoms with E-state index in [0.717, 1.165) is 21.5 Å². The molecule has 0 saturated carbocycles. The molecule has 5 rings (SSSR count). The monoisotopic (exact) mass is 412 g/mol. The maximum absolute atomic E-state index is 13.3. The Kier molecular flexibility index (Phi) is 4.12. The van der Waals surface area contributed by atoms with Gasteiger partial charge >= 0.3 is 0 Å². The molecule has 0 aliphatic carbocycles. The van der Waals surface area contributed by atoms with Gasteiger partial charge in [-0.15, -0.1) is 5.10 Å². The predicted octanol–water partition coefficient (Wildman–Crippen LogP) is 2.22. The minimum Gasteiger partial charge on any atom is -0.348 e. The molecule has 4 aromatic rings. The second-order valence-corrected chi connectivity index (χ2v) is 7.28. The maximum Gasteiger partial charge on any atom is 0.299 e. The van der Waals surface area contributed by atoms with Crippen LogP contribution in [-0.4, -0.2) is 51.7 Å². The first-order valence-electron chi connectivity index (χ1n) is 9.40. The molecule has 0 radical (unpaired) electrons. The molecular formula is C19H18F2N8O. The summed E-state index contributed by atoms with van der Waals surface area (Å²) in [7, 11) is 1.43. The van der Waals surface area contributed by atoms with Gasteiger partial charge in [0.15, 0.2) is 0 Å². The van der Waals surface area contributed by atoms with Gasteiger partial charge in [0.25, 0.3) is 12.3 Å². The third-order valence-corrected chi connectivity index (χ3v) is 5.26. The number of carbonyl (C=O) groups is 1. The Hall–Kier alpha value is -3.63. The third-order valence-electron chi connectivity index (χ3n) is 5.26. The van der Waals surface area contributed by atoms with Crippen molar-refractivity contribution >= 4 is 11.4 Å². The SMILES string of the molecule is Cc1ccc2cc([C@H]3c4nc[nH]c4CCN3C(=O)c3nc(C(F)F)nn3C)nn2c1. The van der Waals surface area contributed by atoms with E-state index in [-0.39, 0.29) is 5.82 Å². The Morgan fingerprint density at radius 2 is 2.13 bits per heavy atom. The number of halogens is 2. The Morgan fingerprint density at radius 3 is 2.90 bits per heavy atom. The first kappa shape index (κ1) is 18.4. The molecule has 0 unspecified atom stereocenters. The van der Waals surface area contributed by atoms with Crippen molar-refractivity contribution in [3.05, 3.63) is 65.0 Å². The lowest BCUT2D eigenvalue weighted by Gasteiger charge is -2.33. The van der Waals surface area contributed by atoms with Crippen LogP contribution < -0.4 is 0 Å². The number of hydrogen-bond donors (Lipinski definition) is 1. The van der Waals surface area contributed by atoms with Gasteiger partial charge < -0.3 is 9.88 Å². The molecule has 5 heterocycles. The highest BCUT2D eigenvalue weighted by Gasteiger charge is 2.38. The van der Waals surface area contributed by atoms with E-state index < -0.39 is 24.2 Å². The number of nitrogens with one attached hydrogen (secondary N) is 1. The van der Waals surface area contributed by atoms with E-state index in [4.69, 9.17) is 0 Å². The van der Waals surface area contributed by atoms with Crippen molar-refractivity contribution in [1.82, 2.24) is 39.2 Å². The van der Waals surface area contributed by atoms with E-state index in [1.807, 2.05) is 31.3 Å². The smallest absolute Gasteiger partial charge is 0.299 e. The molecule has 1 aliphatic rings. The lowest BCUT2D eigenvalue weighted by atomic mass is 9.99. The predicted molar refractivity (Wildman–Crippen MR) is 101 cm³/mol. The van der Waals surface area contributed by atoms with E-state index >= 15 is 0 Å². The molecule has 4 aromatic heterocycles. The topological polar surface area (TPSA) is 97.0 Å². The number of H-pyrrole nitrogens is 1. The summed E-state index contributed by atoms with van der Waals surface area (Å²) in [6, 6.07) is 5.26. The molecule has 154 valence electrons. The van der Waals surface area contributed by atoms with Gasteiger partial charge in [-0.3, -0.25) is 4.79 Å². The number of rotatable bonds is 3. The van der Waals surface area contributed by atoms with Crippen LogP contribution in [0.4, 0.5) is 8.78 Å². The van der Waals surface area contributed by atoms with Crippen LogP contribution in [0.5, 0.6) is 0 Å². The van der Waals surface area contributed by atoms with Crippen LogP contribution in [0.15, 0.2) is 30.7 Å². The fraction of sp³-hybridized carbons (Fsp3) is 0.316. The quantitative estimate of drug-likeness (QED) is 0.557. The zero-order chi connectivity index (χ0) is 21.0. The van der Waals surface area contributed by atoms with Gasteiger partial charge in [-0.1, -0.05) is 6.07 Å². The Balaban J connectivity index is 1.60. The van der Waals surface area contributed by atoms with Crippen LogP contribution in [0.2, 0.25) is 0 Å². The average molecular weight is 412 g/mol. The summed E-state index contributed by atoms with van der Waals surface area (Å²) in [6.07, 6.45) is 1.19. The molecular weight excluding hydrogens is 394 g/mol. The molecule has 30 heavy (non-hydrogen) atoms. The van der Waals surface area contributed by atoms with E-state index in [0.29, 0.717) is 24.4 Å². The van der Waals surface area contributed by atoms with E-state index in [2.05, 4.69) is 25.1 Å². The van der Waals surface area contributed by atoms with Crippen molar-refractivity contribution in [2.45, 2.75) is 25.8 Å². The highest BCUT2D eigenvalue weighted by atomic mass is 19.3. The standard InChI is InChI=1S/C19H18F2N8O/c1-10-3-4-11-7-13(25-29(11)8-10)15-14-12(22-9-23-14)5-6-28(15)19(30)18-24-17(16(20)21)26-27(18)2/h3-4,7-9,15-16H,5-6H2,1-2H3,(H,22,23)/t15-/m0/s1. The molecule has 0 fully saturated rings. The second-order valence-electron chi connectivity index (χ2n) is 7.28. The first-order valence-corrected chi connectivity index (χ1v) is 9.40. The van der Waals surface area contributed by atoms with Gasteiger partial charge in [-0.05, 0) is 24.6 Å². The number of amides is 1. The van der Waals surface area contributed by atoms with Crippen LogP contribution in [-0.2, 0) is 13.5 Å². The molecule has 1 N–H and O–H groups in total. The summed E-state index contributed by atoms with van der Waals surface area (Å²) in [4.78, 5) is 26.2. The van der Waals surface area contributed by atoms with E-state index in [1.165, 1.54) is 7.05 Å². The Labute approximate surface area is 169 Å². The van der Waals surface area contributed by atoms with Crippen LogP contribution in [0.3, 0.4) is 0 Å². The number of nitrogens with zero attached hydrogens (tertiary/aromatic N) is 7. The Morgan fingerprint density at radius 1 is 1.30 bits per heavy atom. The number of carbonyl (C=O) groups excluding carboxylic acids is 1.